The molecule has 34 heavy (non-hydrogen) atoms. The summed E-state index contributed by atoms with van der Waals surface area (Å²) in [4.78, 5) is 28.7. The van der Waals surface area contributed by atoms with Crippen LogP contribution in [0.2, 0.25) is 0 Å². The average molecular weight is 457 g/mol. The van der Waals surface area contributed by atoms with E-state index in [2.05, 4.69) is 5.32 Å². The average Bonchev–Trinajstić information content (AvgIpc) is 3.05. The van der Waals surface area contributed by atoms with Gasteiger partial charge in [0.2, 0.25) is 0 Å². The molecule has 0 aliphatic carbocycles. The molecule has 0 bridgehead atoms. The van der Waals surface area contributed by atoms with E-state index in [-0.39, 0.29) is 17.7 Å². The van der Waals surface area contributed by atoms with E-state index in [0.29, 0.717) is 34.0 Å². The zero-order valence-corrected chi connectivity index (χ0v) is 20.0. The summed E-state index contributed by atoms with van der Waals surface area (Å²) < 4.78 is 11.2. The number of nitrogens with one attached hydrogen (secondary N) is 1. The van der Waals surface area contributed by atoms with Crippen LogP contribution in [0.3, 0.4) is 0 Å². The van der Waals surface area contributed by atoms with Crippen molar-refractivity contribution in [2.24, 2.45) is 0 Å². The Balaban J connectivity index is 1.83. The van der Waals surface area contributed by atoms with Gasteiger partial charge in [0.05, 0.1) is 30.2 Å². The normalized spacial score (nSPS) is 13.6. The van der Waals surface area contributed by atoms with E-state index in [9.17, 15) is 9.59 Å². The van der Waals surface area contributed by atoms with E-state index in [1.165, 1.54) is 4.90 Å². The van der Waals surface area contributed by atoms with Gasteiger partial charge >= 0.3 is 0 Å². The second-order valence-corrected chi connectivity index (χ2v) is 8.43. The Morgan fingerprint density at radius 2 is 1.56 bits per heavy atom. The monoisotopic (exact) mass is 456 g/mol. The fourth-order valence-corrected chi connectivity index (χ4v) is 3.97. The maximum atomic E-state index is 13.7. The fraction of sp³-hybridized carbons (Fsp3) is 0.214. The molecule has 1 aliphatic rings. The quantitative estimate of drug-likeness (QED) is 0.476. The van der Waals surface area contributed by atoms with E-state index in [4.69, 9.17) is 9.47 Å². The van der Waals surface area contributed by atoms with Crippen LogP contribution in [-0.4, -0.2) is 25.0 Å². The Hall–Kier alpha value is -4.06. The number of hydrogen-bond donors (Lipinski definition) is 1. The number of nitrogens with zero attached hydrogens (tertiary/aromatic N) is 1. The smallest absolute Gasteiger partial charge is 0.282 e. The van der Waals surface area contributed by atoms with Crippen LogP contribution in [0.1, 0.15) is 30.5 Å². The summed E-state index contributed by atoms with van der Waals surface area (Å²) in [5.74, 6) is 0.470. The van der Waals surface area contributed by atoms with Gasteiger partial charge in [0.1, 0.15) is 17.2 Å². The molecular formula is C28H28N2O4. The lowest BCUT2D eigenvalue weighted by molar-refractivity contribution is -0.120. The van der Waals surface area contributed by atoms with Gasteiger partial charge in [-0.25, -0.2) is 4.90 Å². The highest BCUT2D eigenvalue weighted by molar-refractivity contribution is 6.46. The summed E-state index contributed by atoms with van der Waals surface area (Å²) in [6, 6.07) is 20.1. The van der Waals surface area contributed by atoms with Crippen molar-refractivity contribution in [2.75, 3.05) is 17.3 Å². The van der Waals surface area contributed by atoms with Crippen molar-refractivity contribution < 1.29 is 19.1 Å². The number of hydrogen-bond acceptors (Lipinski definition) is 5. The van der Waals surface area contributed by atoms with E-state index in [1.807, 2.05) is 52.0 Å². The molecule has 0 radical (unpaired) electrons. The summed E-state index contributed by atoms with van der Waals surface area (Å²) in [7, 11) is 1.56. The highest BCUT2D eigenvalue weighted by Crippen LogP contribution is 2.37. The van der Waals surface area contributed by atoms with E-state index >= 15 is 0 Å². The molecule has 174 valence electrons. The third kappa shape index (κ3) is 4.27. The van der Waals surface area contributed by atoms with Gasteiger partial charge in [0, 0.05) is 0 Å². The van der Waals surface area contributed by atoms with Crippen molar-refractivity contribution >= 4 is 28.8 Å². The van der Waals surface area contributed by atoms with Crippen LogP contribution in [0.4, 0.5) is 11.4 Å². The Bertz CT molecular complexity index is 1280. The summed E-state index contributed by atoms with van der Waals surface area (Å²) in [6.07, 6.45) is 0.0299. The fourth-order valence-electron chi connectivity index (χ4n) is 3.97. The molecular weight excluding hydrogens is 428 g/mol. The molecule has 0 saturated heterocycles. The van der Waals surface area contributed by atoms with Crippen molar-refractivity contribution in [3.05, 3.63) is 89.1 Å². The number of carbonyl (C=O) groups is 2. The number of methoxy groups -OCH3 is 1. The second-order valence-electron chi connectivity index (χ2n) is 8.43. The number of anilines is 2. The van der Waals surface area contributed by atoms with E-state index in [0.717, 1.165) is 11.1 Å². The van der Waals surface area contributed by atoms with Crippen molar-refractivity contribution in [2.45, 2.75) is 33.8 Å². The van der Waals surface area contributed by atoms with Crippen LogP contribution in [-0.2, 0) is 9.59 Å². The highest BCUT2D eigenvalue weighted by atomic mass is 16.5. The number of aryl methyl sites for hydroxylation is 1. The minimum atomic E-state index is -0.415. The number of para-hydroxylation sites is 2. The molecule has 4 rings (SSSR count). The topological polar surface area (TPSA) is 67.9 Å². The molecule has 6 nitrogen and oxygen atoms in total. The van der Waals surface area contributed by atoms with Crippen LogP contribution < -0.4 is 19.7 Å². The largest absolute Gasteiger partial charge is 0.495 e. The third-order valence-corrected chi connectivity index (χ3v) is 5.78. The number of rotatable bonds is 7. The lowest BCUT2D eigenvalue weighted by Crippen LogP contribution is -2.33. The third-order valence-electron chi connectivity index (χ3n) is 5.78. The van der Waals surface area contributed by atoms with E-state index in [1.54, 1.807) is 49.6 Å². The van der Waals surface area contributed by atoms with Crippen molar-refractivity contribution in [3.8, 4) is 11.5 Å². The second kappa shape index (κ2) is 9.43. The van der Waals surface area contributed by atoms with Gasteiger partial charge in [-0.15, -0.1) is 0 Å². The van der Waals surface area contributed by atoms with Gasteiger partial charge < -0.3 is 14.8 Å². The van der Waals surface area contributed by atoms with Crippen LogP contribution in [0.15, 0.2) is 72.4 Å². The molecule has 1 N–H and O–H groups in total. The molecule has 0 spiro atoms. The molecule has 6 heteroatoms. The zero-order chi connectivity index (χ0) is 24.4. The minimum absolute atomic E-state index is 0.0299. The van der Waals surface area contributed by atoms with Gasteiger partial charge in [-0.05, 0) is 74.7 Å². The first-order valence-electron chi connectivity index (χ1n) is 11.2. The van der Waals surface area contributed by atoms with Gasteiger partial charge in [-0.1, -0.05) is 36.4 Å². The molecule has 2 amide bonds. The maximum Gasteiger partial charge on any atom is 0.282 e. The summed E-state index contributed by atoms with van der Waals surface area (Å²) in [5.41, 5.74) is 4.18. The highest BCUT2D eigenvalue weighted by Gasteiger charge is 2.41. The van der Waals surface area contributed by atoms with Crippen LogP contribution in [0.5, 0.6) is 11.5 Å². The van der Waals surface area contributed by atoms with Gasteiger partial charge in [-0.2, -0.15) is 0 Å². The SMILES string of the molecule is COc1ccccc1NC1=C(c2ccc(OC(C)C)cc2)C(=O)N(c2cccc(C)c2C)C1=O. The minimum Gasteiger partial charge on any atom is -0.495 e. The molecule has 0 saturated carbocycles. The van der Waals surface area contributed by atoms with Crippen LogP contribution >= 0.6 is 0 Å². The number of imide groups is 1. The number of carbonyl (C=O) groups excluding carboxylic acids is 2. The lowest BCUT2D eigenvalue weighted by Gasteiger charge is -2.19. The Morgan fingerprint density at radius 3 is 2.24 bits per heavy atom. The standard InChI is InChI=1S/C28H28N2O4/c1-17(2)34-21-15-13-20(14-16-21)25-26(29-22-10-6-7-12-24(22)33-5)28(32)30(27(25)31)23-11-8-9-18(3)19(23)4/h6-17,29H,1-5H3. The molecule has 1 aliphatic heterocycles. The summed E-state index contributed by atoms with van der Waals surface area (Å²) in [6.45, 7) is 7.77. The maximum absolute atomic E-state index is 13.7. The lowest BCUT2D eigenvalue weighted by atomic mass is 10.0. The van der Waals surface area contributed by atoms with Crippen molar-refractivity contribution in [3.63, 3.8) is 0 Å². The van der Waals surface area contributed by atoms with Crippen LogP contribution in [0, 0.1) is 13.8 Å². The first-order chi connectivity index (χ1) is 16.3. The Morgan fingerprint density at radius 1 is 0.853 bits per heavy atom. The van der Waals surface area contributed by atoms with Crippen molar-refractivity contribution in [1.82, 2.24) is 0 Å². The Kier molecular flexibility index (Phi) is 6.41. The molecule has 0 aromatic heterocycles. The number of amides is 2. The number of ether oxygens (including phenoxy) is 2. The molecule has 3 aromatic carbocycles. The Labute approximate surface area is 199 Å². The first-order valence-corrected chi connectivity index (χ1v) is 11.2. The van der Waals surface area contributed by atoms with Gasteiger partial charge in [-0.3, -0.25) is 9.59 Å². The number of benzene rings is 3. The first kappa shape index (κ1) is 23.1. The molecule has 0 unspecified atom stereocenters. The van der Waals surface area contributed by atoms with Gasteiger partial charge in [0.25, 0.3) is 11.8 Å². The zero-order valence-electron chi connectivity index (χ0n) is 20.0. The molecule has 0 fully saturated rings. The summed E-state index contributed by atoms with van der Waals surface area (Å²) in [5, 5.41) is 3.18. The predicted molar refractivity (Wildman–Crippen MR) is 134 cm³/mol. The van der Waals surface area contributed by atoms with Crippen molar-refractivity contribution in [1.29, 1.82) is 0 Å². The molecule has 0 atom stereocenters. The predicted octanol–water partition coefficient (Wildman–Crippen LogP) is 5.50. The van der Waals surface area contributed by atoms with E-state index < -0.39 is 5.91 Å². The molecule has 3 aromatic rings. The molecule has 1 heterocycles. The van der Waals surface area contributed by atoms with Crippen LogP contribution in [0.25, 0.3) is 5.57 Å². The summed E-state index contributed by atoms with van der Waals surface area (Å²) >= 11 is 0. The van der Waals surface area contributed by atoms with Gasteiger partial charge in [0.15, 0.2) is 0 Å².